The molecule has 1 aromatic rings. The lowest BCUT2D eigenvalue weighted by molar-refractivity contribution is 0.527. The number of aryl methyl sites for hydroxylation is 1. The zero-order valence-electron chi connectivity index (χ0n) is 10.2. The number of halogens is 1. The first-order chi connectivity index (χ1) is 8.16. The Morgan fingerprint density at radius 3 is 2.88 bits per heavy atom. The lowest BCUT2D eigenvalue weighted by atomic mass is 10.0. The van der Waals surface area contributed by atoms with Gasteiger partial charge in [-0.2, -0.15) is 0 Å². The summed E-state index contributed by atoms with van der Waals surface area (Å²) in [6, 6.07) is 2.67. The van der Waals surface area contributed by atoms with E-state index in [-0.39, 0.29) is 6.04 Å². The second-order valence-electron chi connectivity index (χ2n) is 4.90. The van der Waals surface area contributed by atoms with Gasteiger partial charge in [0.2, 0.25) is 0 Å². The van der Waals surface area contributed by atoms with E-state index in [9.17, 15) is 0 Å². The van der Waals surface area contributed by atoms with Crippen LogP contribution in [0.2, 0.25) is 0 Å². The molecule has 2 atom stereocenters. The van der Waals surface area contributed by atoms with Crippen molar-refractivity contribution in [2.75, 3.05) is 5.32 Å². The molecule has 1 heterocycles. The van der Waals surface area contributed by atoms with E-state index in [1.54, 1.807) is 0 Å². The summed E-state index contributed by atoms with van der Waals surface area (Å²) in [5.74, 6) is 0.915. The maximum atomic E-state index is 6.20. The summed E-state index contributed by atoms with van der Waals surface area (Å²) in [5.41, 5.74) is 7.36. The number of rotatable bonds is 2. The van der Waals surface area contributed by atoms with Crippen molar-refractivity contribution in [3.63, 3.8) is 0 Å². The first-order valence-corrected chi connectivity index (χ1v) is 7.10. The molecule has 0 aliphatic heterocycles. The van der Waals surface area contributed by atoms with Crippen molar-refractivity contribution in [2.45, 2.75) is 51.1 Å². The fourth-order valence-electron chi connectivity index (χ4n) is 2.33. The van der Waals surface area contributed by atoms with Crippen LogP contribution in [0.25, 0.3) is 0 Å². The van der Waals surface area contributed by atoms with Gasteiger partial charge < -0.3 is 11.1 Å². The smallest absolute Gasteiger partial charge is 0.140 e. The summed E-state index contributed by atoms with van der Waals surface area (Å²) in [7, 11) is 0. The molecule has 0 amide bonds. The number of hydrogen-bond acceptors (Lipinski definition) is 3. The summed E-state index contributed by atoms with van der Waals surface area (Å²) in [4.78, 5) is 4.42. The molecule has 1 aliphatic rings. The van der Waals surface area contributed by atoms with Gasteiger partial charge in [-0.05, 0) is 47.3 Å². The predicted octanol–water partition coefficient (Wildman–Crippen LogP) is 3.22. The Bertz CT molecular complexity index is 381. The van der Waals surface area contributed by atoms with Gasteiger partial charge in [0.05, 0.1) is 4.47 Å². The second kappa shape index (κ2) is 5.83. The fraction of sp³-hybridized carbons (Fsp3) is 0.615. The molecule has 1 saturated carbocycles. The van der Waals surface area contributed by atoms with Crippen LogP contribution in [0.3, 0.4) is 0 Å². The monoisotopic (exact) mass is 297 g/mol. The van der Waals surface area contributed by atoms with Crippen LogP contribution in [0.5, 0.6) is 0 Å². The van der Waals surface area contributed by atoms with Gasteiger partial charge in [-0.25, -0.2) is 4.98 Å². The largest absolute Gasteiger partial charge is 0.365 e. The molecule has 1 aliphatic carbocycles. The van der Waals surface area contributed by atoms with Crippen molar-refractivity contribution in [3.05, 3.63) is 22.3 Å². The van der Waals surface area contributed by atoms with Crippen molar-refractivity contribution in [2.24, 2.45) is 5.73 Å². The Hall–Kier alpha value is -0.610. The number of nitrogens with one attached hydrogen (secondary N) is 1. The minimum Gasteiger partial charge on any atom is -0.365 e. The molecule has 1 fully saturated rings. The molecular formula is C13H20BrN3. The lowest BCUT2D eigenvalue weighted by Crippen LogP contribution is -2.39. The van der Waals surface area contributed by atoms with Crippen LogP contribution >= 0.6 is 15.9 Å². The topological polar surface area (TPSA) is 50.9 Å². The van der Waals surface area contributed by atoms with E-state index < -0.39 is 0 Å². The number of hydrogen-bond donors (Lipinski definition) is 2. The van der Waals surface area contributed by atoms with E-state index in [4.69, 9.17) is 5.73 Å². The van der Waals surface area contributed by atoms with Crippen LogP contribution in [0.15, 0.2) is 16.7 Å². The van der Waals surface area contributed by atoms with Crippen LogP contribution in [0, 0.1) is 6.92 Å². The Labute approximate surface area is 111 Å². The van der Waals surface area contributed by atoms with Gasteiger partial charge in [0.1, 0.15) is 5.82 Å². The van der Waals surface area contributed by atoms with E-state index in [1.807, 2.05) is 13.1 Å². The lowest BCUT2D eigenvalue weighted by Gasteiger charge is -2.23. The average Bonchev–Trinajstić information content (AvgIpc) is 2.48. The highest BCUT2D eigenvalue weighted by atomic mass is 79.9. The first kappa shape index (κ1) is 12.8. The number of nitrogens with zero attached hydrogens (tertiary/aromatic N) is 1. The van der Waals surface area contributed by atoms with Gasteiger partial charge in [-0.3, -0.25) is 0 Å². The Morgan fingerprint density at radius 1 is 1.35 bits per heavy atom. The molecule has 2 unspecified atom stereocenters. The van der Waals surface area contributed by atoms with Gasteiger partial charge in [0.15, 0.2) is 0 Å². The third-order valence-electron chi connectivity index (χ3n) is 3.37. The number of aromatic nitrogens is 1. The van der Waals surface area contributed by atoms with Crippen LogP contribution in [0.4, 0.5) is 5.82 Å². The summed E-state index contributed by atoms with van der Waals surface area (Å²) in [5, 5.41) is 3.48. The van der Waals surface area contributed by atoms with Crippen molar-refractivity contribution >= 4 is 21.7 Å². The van der Waals surface area contributed by atoms with E-state index in [0.717, 1.165) is 28.7 Å². The number of nitrogens with two attached hydrogens (primary N) is 1. The zero-order chi connectivity index (χ0) is 12.3. The third kappa shape index (κ3) is 3.42. The van der Waals surface area contributed by atoms with Crippen molar-refractivity contribution in [1.82, 2.24) is 4.98 Å². The maximum Gasteiger partial charge on any atom is 0.140 e. The Balaban J connectivity index is 2.08. The molecule has 0 bridgehead atoms. The molecule has 94 valence electrons. The third-order valence-corrected chi connectivity index (χ3v) is 3.97. The predicted molar refractivity (Wildman–Crippen MR) is 75.1 cm³/mol. The quantitative estimate of drug-likeness (QED) is 0.824. The standard InChI is InChI=1S/C13H20BrN3/c1-9-7-10(14)13(16-8-9)17-12-6-4-2-3-5-11(12)15/h7-8,11-12H,2-6,15H2,1H3,(H,16,17). The average molecular weight is 298 g/mol. The number of pyridine rings is 1. The minimum absolute atomic E-state index is 0.243. The molecule has 1 aromatic heterocycles. The van der Waals surface area contributed by atoms with Crippen molar-refractivity contribution < 1.29 is 0 Å². The molecule has 2 rings (SSSR count). The molecule has 0 spiro atoms. The van der Waals surface area contributed by atoms with Crippen molar-refractivity contribution in [3.8, 4) is 0 Å². The van der Waals surface area contributed by atoms with Crippen LogP contribution < -0.4 is 11.1 Å². The SMILES string of the molecule is Cc1cnc(NC2CCCCCC2N)c(Br)c1. The molecule has 0 saturated heterocycles. The normalized spacial score (nSPS) is 25.4. The molecule has 4 heteroatoms. The van der Waals surface area contributed by atoms with Gasteiger partial charge in [-0.15, -0.1) is 0 Å². The van der Waals surface area contributed by atoms with Crippen LogP contribution in [-0.4, -0.2) is 17.1 Å². The zero-order valence-corrected chi connectivity index (χ0v) is 11.8. The highest BCUT2D eigenvalue weighted by Gasteiger charge is 2.21. The number of anilines is 1. The van der Waals surface area contributed by atoms with Gasteiger partial charge >= 0.3 is 0 Å². The van der Waals surface area contributed by atoms with Gasteiger partial charge in [-0.1, -0.05) is 19.3 Å². The van der Waals surface area contributed by atoms with Crippen LogP contribution in [-0.2, 0) is 0 Å². The highest BCUT2D eigenvalue weighted by Crippen LogP contribution is 2.25. The van der Waals surface area contributed by atoms with E-state index in [1.165, 1.54) is 19.3 Å². The van der Waals surface area contributed by atoms with Gasteiger partial charge in [0, 0.05) is 18.3 Å². The summed E-state index contributed by atoms with van der Waals surface area (Å²) in [6.07, 6.45) is 7.95. The molecular weight excluding hydrogens is 278 g/mol. The Kier molecular flexibility index (Phi) is 4.40. The fourth-order valence-corrected chi connectivity index (χ4v) is 2.91. The first-order valence-electron chi connectivity index (χ1n) is 6.31. The second-order valence-corrected chi connectivity index (χ2v) is 5.75. The van der Waals surface area contributed by atoms with Gasteiger partial charge in [0.25, 0.3) is 0 Å². The molecule has 0 aromatic carbocycles. The van der Waals surface area contributed by atoms with Crippen LogP contribution in [0.1, 0.15) is 37.7 Å². The molecule has 17 heavy (non-hydrogen) atoms. The van der Waals surface area contributed by atoms with E-state index in [0.29, 0.717) is 6.04 Å². The molecule has 0 radical (unpaired) electrons. The van der Waals surface area contributed by atoms with E-state index >= 15 is 0 Å². The summed E-state index contributed by atoms with van der Waals surface area (Å²) in [6.45, 7) is 2.04. The van der Waals surface area contributed by atoms with Crippen molar-refractivity contribution in [1.29, 1.82) is 0 Å². The van der Waals surface area contributed by atoms with E-state index in [2.05, 4.69) is 32.3 Å². The summed E-state index contributed by atoms with van der Waals surface area (Å²) < 4.78 is 1.02. The maximum absolute atomic E-state index is 6.20. The summed E-state index contributed by atoms with van der Waals surface area (Å²) >= 11 is 3.55. The Morgan fingerprint density at radius 2 is 2.12 bits per heavy atom. The minimum atomic E-state index is 0.243. The molecule has 3 N–H and O–H groups in total. The molecule has 3 nitrogen and oxygen atoms in total. The highest BCUT2D eigenvalue weighted by molar-refractivity contribution is 9.10.